The quantitative estimate of drug-likeness (QED) is 0.608. The van der Waals surface area contributed by atoms with Crippen molar-refractivity contribution in [2.45, 2.75) is 64.8 Å². The van der Waals surface area contributed by atoms with Crippen molar-refractivity contribution in [3.63, 3.8) is 0 Å². The molecule has 28 heavy (non-hydrogen) atoms. The third kappa shape index (κ3) is 6.93. The van der Waals surface area contributed by atoms with Crippen LogP contribution in [0.1, 0.15) is 51.3 Å². The highest BCUT2D eigenvalue weighted by Crippen LogP contribution is 2.28. The molecule has 0 aromatic heterocycles. The Hall–Kier alpha value is -1.88. The summed E-state index contributed by atoms with van der Waals surface area (Å²) in [5.74, 6) is 0.641. The van der Waals surface area contributed by atoms with Gasteiger partial charge < -0.3 is 14.9 Å². The van der Waals surface area contributed by atoms with Crippen LogP contribution < -0.4 is 4.74 Å². The molecule has 0 saturated carbocycles. The molecule has 0 aliphatic rings. The Morgan fingerprint density at radius 2 is 1.46 bits per heavy atom. The van der Waals surface area contributed by atoms with Crippen LogP contribution in [0, 0.1) is 0 Å². The number of hydrogen-bond acceptors (Lipinski definition) is 4. The van der Waals surface area contributed by atoms with E-state index in [-0.39, 0.29) is 6.61 Å². The zero-order valence-corrected chi connectivity index (χ0v) is 17.6. The van der Waals surface area contributed by atoms with E-state index in [1.165, 1.54) is 5.56 Å². The van der Waals surface area contributed by atoms with Crippen molar-refractivity contribution in [3.8, 4) is 5.75 Å². The normalized spacial score (nSPS) is 13.9. The molecular formula is C24H35NO3. The van der Waals surface area contributed by atoms with E-state index >= 15 is 0 Å². The van der Waals surface area contributed by atoms with Gasteiger partial charge in [-0.1, -0.05) is 48.5 Å². The van der Waals surface area contributed by atoms with Crippen molar-refractivity contribution in [2.24, 2.45) is 0 Å². The molecule has 0 saturated heterocycles. The van der Waals surface area contributed by atoms with Crippen LogP contribution >= 0.6 is 0 Å². The summed E-state index contributed by atoms with van der Waals surface area (Å²) in [6.45, 7) is 9.29. The average Bonchev–Trinajstić information content (AvgIpc) is 2.69. The first-order valence-corrected chi connectivity index (χ1v) is 10.3. The van der Waals surface area contributed by atoms with Crippen molar-refractivity contribution in [2.75, 3.05) is 13.2 Å². The molecular weight excluding hydrogens is 350 g/mol. The van der Waals surface area contributed by atoms with Gasteiger partial charge in [-0.15, -0.1) is 0 Å². The Balaban J connectivity index is 1.93. The van der Waals surface area contributed by atoms with Crippen LogP contribution in [0.3, 0.4) is 0 Å². The van der Waals surface area contributed by atoms with Gasteiger partial charge >= 0.3 is 0 Å². The van der Waals surface area contributed by atoms with Crippen molar-refractivity contribution < 1.29 is 14.9 Å². The highest BCUT2D eigenvalue weighted by atomic mass is 16.5. The first kappa shape index (κ1) is 22.4. The van der Waals surface area contributed by atoms with Crippen LogP contribution in [-0.2, 0) is 6.42 Å². The Morgan fingerprint density at radius 1 is 0.857 bits per heavy atom. The van der Waals surface area contributed by atoms with E-state index in [2.05, 4.69) is 44.7 Å². The molecule has 0 spiro atoms. The lowest BCUT2D eigenvalue weighted by Gasteiger charge is -2.32. The van der Waals surface area contributed by atoms with Gasteiger partial charge in [-0.05, 0) is 52.2 Å². The Labute approximate surface area is 169 Å². The standard InChI is InChI=1S/C24H35NO3/c1-18(2)25(19(3)4)16-21(26)17-28-24-13-9-8-12-22(24)23(27)15-14-20-10-6-5-7-11-20/h5-13,18-19,21,23,26-27H,14-17H2,1-4H3/t21-,23-/m1/s1. The smallest absolute Gasteiger partial charge is 0.125 e. The molecule has 0 aliphatic heterocycles. The minimum Gasteiger partial charge on any atom is -0.490 e. The fraction of sp³-hybridized carbons (Fsp3) is 0.500. The number of para-hydroxylation sites is 1. The molecule has 0 unspecified atom stereocenters. The summed E-state index contributed by atoms with van der Waals surface area (Å²) in [6.07, 6.45) is 0.244. The highest BCUT2D eigenvalue weighted by molar-refractivity contribution is 5.35. The number of aliphatic hydroxyl groups is 2. The Kier molecular flexibility index (Phi) is 8.97. The number of aryl methyl sites for hydroxylation is 1. The van der Waals surface area contributed by atoms with Crippen molar-refractivity contribution in [1.29, 1.82) is 0 Å². The van der Waals surface area contributed by atoms with E-state index in [0.717, 1.165) is 12.0 Å². The monoisotopic (exact) mass is 385 g/mol. The van der Waals surface area contributed by atoms with Crippen LogP contribution in [-0.4, -0.2) is 46.5 Å². The molecule has 0 aliphatic carbocycles. The molecule has 0 bridgehead atoms. The molecule has 154 valence electrons. The molecule has 2 aromatic rings. The van der Waals surface area contributed by atoms with Crippen LogP contribution in [0.2, 0.25) is 0 Å². The minimum absolute atomic E-state index is 0.207. The van der Waals surface area contributed by atoms with Gasteiger partial charge in [-0.3, -0.25) is 4.90 Å². The molecule has 0 heterocycles. The zero-order valence-electron chi connectivity index (χ0n) is 17.6. The second-order valence-electron chi connectivity index (χ2n) is 7.93. The highest BCUT2D eigenvalue weighted by Gasteiger charge is 2.19. The van der Waals surface area contributed by atoms with Gasteiger partial charge in [0, 0.05) is 24.2 Å². The summed E-state index contributed by atoms with van der Waals surface area (Å²) in [5, 5.41) is 21.1. The summed E-state index contributed by atoms with van der Waals surface area (Å²) in [7, 11) is 0. The molecule has 0 amide bonds. The predicted octanol–water partition coefficient (Wildman–Crippen LogP) is 4.21. The van der Waals surface area contributed by atoms with E-state index in [1.54, 1.807) is 0 Å². The lowest BCUT2D eigenvalue weighted by molar-refractivity contribution is 0.0433. The number of aliphatic hydroxyl groups excluding tert-OH is 2. The number of nitrogens with zero attached hydrogens (tertiary/aromatic N) is 1. The van der Waals surface area contributed by atoms with Gasteiger partial charge in [0.1, 0.15) is 18.5 Å². The molecule has 2 rings (SSSR count). The fourth-order valence-electron chi connectivity index (χ4n) is 3.49. The second kappa shape index (κ2) is 11.2. The van der Waals surface area contributed by atoms with E-state index in [0.29, 0.717) is 30.8 Å². The molecule has 4 nitrogen and oxygen atoms in total. The zero-order chi connectivity index (χ0) is 20.5. The summed E-state index contributed by atoms with van der Waals surface area (Å²) < 4.78 is 5.90. The van der Waals surface area contributed by atoms with Crippen molar-refractivity contribution in [1.82, 2.24) is 4.90 Å². The van der Waals surface area contributed by atoms with Gasteiger partial charge in [-0.2, -0.15) is 0 Å². The number of hydrogen-bond donors (Lipinski definition) is 2. The molecule has 2 atom stereocenters. The lowest BCUT2D eigenvalue weighted by atomic mass is 10.0. The van der Waals surface area contributed by atoms with Gasteiger partial charge in [0.15, 0.2) is 0 Å². The predicted molar refractivity (Wildman–Crippen MR) is 115 cm³/mol. The number of rotatable bonds is 11. The van der Waals surface area contributed by atoms with E-state index in [9.17, 15) is 10.2 Å². The molecule has 0 radical (unpaired) electrons. The third-order valence-electron chi connectivity index (χ3n) is 5.01. The van der Waals surface area contributed by atoms with Gasteiger partial charge in [0.05, 0.1) is 6.10 Å². The largest absolute Gasteiger partial charge is 0.490 e. The summed E-state index contributed by atoms with van der Waals surface area (Å²) in [6, 6.07) is 18.4. The Bertz CT molecular complexity index is 679. The van der Waals surface area contributed by atoms with Gasteiger partial charge in [0.25, 0.3) is 0 Å². The minimum atomic E-state index is -0.601. The van der Waals surface area contributed by atoms with Crippen molar-refractivity contribution in [3.05, 3.63) is 65.7 Å². The second-order valence-corrected chi connectivity index (χ2v) is 7.93. The molecule has 0 fully saturated rings. The summed E-state index contributed by atoms with van der Waals surface area (Å²) in [4.78, 5) is 2.24. The maximum atomic E-state index is 10.7. The molecule has 4 heteroatoms. The third-order valence-corrected chi connectivity index (χ3v) is 5.01. The van der Waals surface area contributed by atoms with Crippen LogP contribution in [0.25, 0.3) is 0 Å². The summed E-state index contributed by atoms with van der Waals surface area (Å²) in [5.41, 5.74) is 1.98. The number of ether oxygens (including phenoxy) is 1. The van der Waals surface area contributed by atoms with Gasteiger partial charge in [0.2, 0.25) is 0 Å². The molecule has 2 N–H and O–H groups in total. The lowest BCUT2D eigenvalue weighted by Crippen LogP contribution is -2.43. The number of benzene rings is 2. The average molecular weight is 386 g/mol. The molecule has 2 aromatic carbocycles. The van der Waals surface area contributed by atoms with Crippen LogP contribution in [0.4, 0.5) is 0 Å². The SMILES string of the molecule is CC(C)N(C[C@@H](O)COc1ccccc1[C@H](O)CCc1ccccc1)C(C)C. The maximum absolute atomic E-state index is 10.7. The van der Waals surface area contributed by atoms with Gasteiger partial charge in [-0.25, -0.2) is 0 Å². The fourth-order valence-corrected chi connectivity index (χ4v) is 3.49. The maximum Gasteiger partial charge on any atom is 0.125 e. The van der Waals surface area contributed by atoms with E-state index < -0.39 is 12.2 Å². The summed E-state index contributed by atoms with van der Waals surface area (Å²) >= 11 is 0. The first-order valence-electron chi connectivity index (χ1n) is 10.3. The topological polar surface area (TPSA) is 52.9 Å². The van der Waals surface area contributed by atoms with E-state index in [1.807, 2.05) is 42.5 Å². The first-order chi connectivity index (χ1) is 13.4. The van der Waals surface area contributed by atoms with Crippen LogP contribution in [0.15, 0.2) is 54.6 Å². The van der Waals surface area contributed by atoms with Crippen molar-refractivity contribution >= 4 is 0 Å². The van der Waals surface area contributed by atoms with Crippen LogP contribution in [0.5, 0.6) is 5.75 Å². The van der Waals surface area contributed by atoms with E-state index in [4.69, 9.17) is 4.74 Å². The Morgan fingerprint density at radius 3 is 2.11 bits per heavy atom.